The molecule has 2 rings (SSSR count). The van der Waals surface area contributed by atoms with Crippen LogP contribution in [0.1, 0.15) is 53.8 Å². The Bertz CT molecular complexity index is 570. The van der Waals surface area contributed by atoms with Gasteiger partial charge >= 0.3 is 5.97 Å². The van der Waals surface area contributed by atoms with Crippen LogP contribution in [0.15, 0.2) is 18.2 Å². The molecule has 1 heterocycles. The number of ketones is 1. The molecule has 0 radical (unpaired) electrons. The molecule has 0 spiro atoms. The maximum absolute atomic E-state index is 12.5. The summed E-state index contributed by atoms with van der Waals surface area (Å²) in [4.78, 5) is 26.0. The number of carbonyl (C=O) groups excluding carboxylic acids is 1. The lowest BCUT2D eigenvalue weighted by atomic mass is 9.99. The third-order valence-electron chi connectivity index (χ3n) is 4.22. The second-order valence-electron chi connectivity index (χ2n) is 6.17. The number of likely N-dealkylation sites (tertiary alicyclic amines) is 1. The number of aromatic carboxylic acids is 1. The average molecular weight is 319 g/mol. The topological polar surface area (TPSA) is 66.8 Å². The summed E-state index contributed by atoms with van der Waals surface area (Å²) < 4.78 is 5.47. The molecular weight excluding hydrogens is 294 g/mol. The van der Waals surface area contributed by atoms with Gasteiger partial charge < -0.3 is 14.7 Å². The fraction of sp³-hybridized carbons (Fsp3) is 0.556. The van der Waals surface area contributed by atoms with E-state index in [2.05, 4.69) is 11.8 Å². The predicted molar refractivity (Wildman–Crippen MR) is 88.4 cm³/mol. The Labute approximate surface area is 137 Å². The van der Waals surface area contributed by atoms with Crippen LogP contribution < -0.4 is 4.74 Å². The van der Waals surface area contributed by atoms with E-state index in [-0.39, 0.29) is 11.3 Å². The summed E-state index contributed by atoms with van der Waals surface area (Å²) in [5.41, 5.74) is 0.486. The molecule has 1 aromatic carbocycles. The van der Waals surface area contributed by atoms with Crippen molar-refractivity contribution in [3.63, 3.8) is 0 Å². The normalized spacial score (nSPS) is 18.6. The summed E-state index contributed by atoms with van der Waals surface area (Å²) in [5, 5.41) is 9.11. The van der Waals surface area contributed by atoms with Gasteiger partial charge in [-0.25, -0.2) is 4.79 Å². The molecule has 126 valence electrons. The van der Waals surface area contributed by atoms with Crippen molar-refractivity contribution in [3.05, 3.63) is 29.3 Å². The van der Waals surface area contributed by atoms with Crippen LogP contribution in [-0.2, 0) is 0 Å². The van der Waals surface area contributed by atoms with E-state index in [9.17, 15) is 9.59 Å². The molecule has 0 aromatic heterocycles. The third-order valence-corrected chi connectivity index (χ3v) is 4.22. The number of Topliss-reactive ketones (excluding diaryl/α,β-unsaturated/α-hetero) is 1. The largest absolute Gasteiger partial charge is 0.493 e. The summed E-state index contributed by atoms with van der Waals surface area (Å²) in [6.07, 6.45) is 2.81. The molecule has 23 heavy (non-hydrogen) atoms. The number of nitrogens with zero attached hydrogens (tertiary/aromatic N) is 1. The SMILES string of the molecule is CCOc1ccc(C(=O)O)cc1C(=O)CCN1CCCC(C)C1. The van der Waals surface area contributed by atoms with Crippen molar-refractivity contribution in [1.82, 2.24) is 4.90 Å². The fourth-order valence-electron chi connectivity index (χ4n) is 3.05. The average Bonchev–Trinajstić information content (AvgIpc) is 2.53. The lowest BCUT2D eigenvalue weighted by molar-refractivity contribution is 0.0697. The Kier molecular flexibility index (Phi) is 6.16. The summed E-state index contributed by atoms with van der Waals surface area (Å²) in [7, 11) is 0. The number of carboxylic acid groups (broad SMARTS) is 1. The van der Waals surface area contributed by atoms with E-state index in [0.29, 0.717) is 36.8 Å². The summed E-state index contributed by atoms with van der Waals surface area (Å²) in [6, 6.07) is 4.47. The van der Waals surface area contributed by atoms with Crippen LogP contribution in [-0.4, -0.2) is 48.0 Å². The summed E-state index contributed by atoms with van der Waals surface area (Å²) >= 11 is 0. The van der Waals surface area contributed by atoms with Gasteiger partial charge in [0.05, 0.1) is 17.7 Å². The van der Waals surface area contributed by atoms with E-state index in [1.165, 1.54) is 25.0 Å². The zero-order chi connectivity index (χ0) is 16.8. The van der Waals surface area contributed by atoms with E-state index in [1.54, 1.807) is 6.07 Å². The van der Waals surface area contributed by atoms with Crippen molar-refractivity contribution in [2.24, 2.45) is 5.92 Å². The molecule has 5 heteroatoms. The first-order valence-corrected chi connectivity index (χ1v) is 8.27. The number of carbonyl (C=O) groups is 2. The molecular formula is C18H25NO4. The van der Waals surface area contributed by atoms with Crippen molar-refractivity contribution in [3.8, 4) is 5.75 Å². The van der Waals surface area contributed by atoms with Gasteiger partial charge in [-0.1, -0.05) is 6.92 Å². The zero-order valence-electron chi connectivity index (χ0n) is 13.9. The molecule has 1 fully saturated rings. The molecule has 5 nitrogen and oxygen atoms in total. The Morgan fingerprint density at radius 2 is 2.17 bits per heavy atom. The highest BCUT2D eigenvalue weighted by molar-refractivity contribution is 6.01. The summed E-state index contributed by atoms with van der Waals surface area (Å²) in [6.45, 7) is 7.29. The van der Waals surface area contributed by atoms with Gasteiger partial charge in [0.2, 0.25) is 0 Å². The lowest BCUT2D eigenvalue weighted by Gasteiger charge is -2.30. The zero-order valence-corrected chi connectivity index (χ0v) is 13.9. The summed E-state index contributed by atoms with van der Waals surface area (Å²) in [5.74, 6) is 0.0458. The van der Waals surface area contributed by atoms with E-state index in [1.807, 2.05) is 6.92 Å². The molecule has 0 bridgehead atoms. The molecule has 0 aliphatic carbocycles. The lowest BCUT2D eigenvalue weighted by Crippen LogP contribution is -2.35. The molecule has 1 unspecified atom stereocenters. The fourth-order valence-corrected chi connectivity index (χ4v) is 3.05. The minimum absolute atomic E-state index is 0.0604. The van der Waals surface area contributed by atoms with Crippen LogP contribution in [0.25, 0.3) is 0 Å². The predicted octanol–water partition coefficient (Wildman–Crippen LogP) is 3.09. The van der Waals surface area contributed by atoms with Gasteiger partial charge in [0.1, 0.15) is 5.75 Å². The van der Waals surface area contributed by atoms with Crippen LogP contribution >= 0.6 is 0 Å². The Hall–Kier alpha value is -1.88. The molecule has 1 aliphatic heterocycles. The van der Waals surface area contributed by atoms with Crippen LogP contribution in [0.2, 0.25) is 0 Å². The van der Waals surface area contributed by atoms with E-state index in [4.69, 9.17) is 9.84 Å². The second-order valence-corrected chi connectivity index (χ2v) is 6.17. The minimum atomic E-state index is -1.04. The molecule has 1 aliphatic rings. The van der Waals surface area contributed by atoms with Gasteiger partial charge in [0, 0.05) is 19.5 Å². The first-order valence-electron chi connectivity index (χ1n) is 8.27. The van der Waals surface area contributed by atoms with Crippen LogP contribution in [0.4, 0.5) is 0 Å². The molecule has 0 saturated carbocycles. The van der Waals surface area contributed by atoms with E-state index < -0.39 is 5.97 Å². The number of ether oxygens (including phenoxy) is 1. The van der Waals surface area contributed by atoms with Crippen molar-refractivity contribution in [2.45, 2.75) is 33.1 Å². The Morgan fingerprint density at radius 1 is 1.39 bits per heavy atom. The highest BCUT2D eigenvalue weighted by Crippen LogP contribution is 2.23. The van der Waals surface area contributed by atoms with Gasteiger partial charge in [-0.05, 0) is 50.4 Å². The van der Waals surface area contributed by atoms with Crippen molar-refractivity contribution in [2.75, 3.05) is 26.2 Å². The molecule has 1 saturated heterocycles. The number of benzene rings is 1. The standard InChI is InChI=1S/C18H25NO4/c1-3-23-17-7-6-14(18(21)22)11-15(17)16(20)8-10-19-9-4-5-13(2)12-19/h6-7,11,13H,3-5,8-10,12H2,1-2H3,(H,21,22). The van der Waals surface area contributed by atoms with Crippen LogP contribution in [0.5, 0.6) is 5.75 Å². The highest BCUT2D eigenvalue weighted by Gasteiger charge is 2.19. The van der Waals surface area contributed by atoms with Crippen molar-refractivity contribution >= 4 is 11.8 Å². The number of hydrogen-bond donors (Lipinski definition) is 1. The van der Waals surface area contributed by atoms with E-state index >= 15 is 0 Å². The maximum atomic E-state index is 12.5. The second kappa shape index (κ2) is 8.11. The van der Waals surface area contributed by atoms with Gasteiger partial charge in [-0.2, -0.15) is 0 Å². The monoisotopic (exact) mass is 319 g/mol. The van der Waals surface area contributed by atoms with E-state index in [0.717, 1.165) is 13.1 Å². The molecule has 0 amide bonds. The maximum Gasteiger partial charge on any atom is 0.335 e. The van der Waals surface area contributed by atoms with Crippen molar-refractivity contribution < 1.29 is 19.4 Å². The Balaban J connectivity index is 2.07. The van der Waals surface area contributed by atoms with Gasteiger partial charge in [-0.15, -0.1) is 0 Å². The number of carboxylic acids is 1. The molecule has 1 N–H and O–H groups in total. The first-order chi connectivity index (χ1) is 11.0. The van der Waals surface area contributed by atoms with Crippen LogP contribution in [0, 0.1) is 5.92 Å². The number of hydrogen-bond acceptors (Lipinski definition) is 4. The van der Waals surface area contributed by atoms with Crippen molar-refractivity contribution in [1.29, 1.82) is 0 Å². The van der Waals surface area contributed by atoms with Crippen LogP contribution in [0.3, 0.4) is 0 Å². The quantitative estimate of drug-likeness (QED) is 0.782. The number of piperidine rings is 1. The Morgan fingerprint density at radius 3 is 2.83 bits per heavy atom. The molecule has 1 aromatic rings. The minimum Gasteiger partial charge on any atom is -0.493 e. The first kappa shape index (κ1) is 17.5. The van der Waals surface area contributed by atoms with Gasteiger partial charge in [-0.3, -0.25) is 4.79 Å². The van der Waals surface area contributed by atoms with Gasteiger partial charge in [0.25, 0.3) is 0 Å². The van der Waals surface area contributed by atoms with Gasteiger partial charge in [0.15, 0.2) is 5.78 Å². The highest BCUT2D eigenvalue weighted by atomic mass is 16.5. The third kappa shape index (κ3) is 4.79. The number of rotatable bonds is 7. The smallest absolute Gasteiger partial charge is 0.335 e. The molecule has 1 atom stereocenters.